The first-order chi connectivity index (χ1) is 12.1. The van der Waals surface area contributed by atoms with Crippen LogP contribution in [0.1, 0.15) is 24.8 Å². The van der Waals surface area contributed by atoms with Crippen LogP contribution >= 0.6 is 0 Å². The average Bonchev–Trinajstić information content (AvgIpc) is 3.07. The first-order valence-corrected chi connectivity index (χ1v) is 10.4. The van der Waals surface area contributed by atoms with E-state index in [0.717, 1.165) is 25.2 Å². The van der Waals surface area contributed by atoms with Gasteiger partial charge < -0.3 is 15.3 Å². The molecule has 26 heavy (non-hydrogen) atoms. The number of rotatable bonds is 4. The Morgan fingerprint density at radius 3 is 2.73 bits per heavy atom. The van der Waals surface area contributed by atoms with Crippen molar-refractivity contribution in [2.45, 2.75) is 25.0 Å². The third-order valence-electron chi connectivity index (χ3n) is 5.31. The van der Waals surface area contributed by atoms with Crippen molar-refractivity contribution in [1.82, 2.24) is 4.90 Å². The molecule has 2 aliphatic rings. The summed E-state index contributed by atoms with van der Waals surface area (Å²) in [7, 11) is -3.36. The van der Waals surface area contributed by atoms with E-state index in [0.29, 0.717) is 13.0 Å². The maximum absolute atomic E-state index is 14.1. The molecule has 1 aromatic carbocycles. The van der Waals surface area contributed by atoms with Crippen LogP contribution in [-0.2, 0) is 20.4 Å². The SMILES string of the molecule is CS(=O)(=O)Cc1ccc(NC(=O)N2C[C@@H]3CCC[C@@]3(C(=O)O)C2)cc1F. The summed E-state index contributed by atoms with van der Waals surface area (Å²) in [5, 5.41) is 12.1. The highest BCUT2D eigenvalue weighted by Gasteiger charge is 2.55. The molecule has 0 aromatic heterocycles. The number of carboxylic acids is 1. The van der Waals surface area contributed by atoms with Crippen LogP contribution in [0.4, 0.5) is 14.9 Å². The summed E-state index contributed by atoms with van der Waals surface area (Å²) < 4.78 is 36.6. The molecule has 1 saturated heterocycles. The van der Waals surface area contributed by atoms with Crippen LogP contribution < -0.4 is 5.32 Å². The molecule has 0 bridgehead atoms. The van der Waals surface area contributed by atoms with Gasteiger partial charge in [-0.1, -0.05) is 12.5 Å². The van der Waals surface area contributed by atoms with E-state index in [1.807, 2.05) is 0 Å². The first kappa shape index (κ1) is 18.6. The smallest absolute Gasteiger partial charge is 0.321 e. The molecule has 1 aromatic rings. The molecule has 0 radical (unpaired) electrons. The molecule has 2 atom stereocenters. The van der Waals surface area contributed by atoms with Crippen LogP contribution in [-0.4, -0.2) is 49.8 Å². The Bertz CT molecular complexity index is 857. The van der Waals surface area contributed by atoms with Gasteiger partial charge in [0.15, 0.2) is 9.84 Å². The minimum absolute atomic E-state index is 0.0334. The Hall–Kier alpha value is -2.16. The Kier molecular flexibility index (Phi) is 4.68. The highest BCUT2D eigenvalue weighted by Crippen LogP contribution is 2.48. The van der Waals surface area contributed by atoms with Crippen molar-refractivity contribution in [1.29, 1.82) is 0 Å². The fourth-order valence-electron chi connectivity index (χ4n) is 4.02. The number of nitrogens with zero attached hydrogens (tertiary/aromatic N) is 1. The van der Waals surface area contributed by atoms with Crippen molar-refractivity contribution >= 4 is 27.5 Å². The van der Waals surface area contributed by atoms with Crippen LogP contribution in [0, 0.1) is 17.2 Å². The maximum Gasteiger partial charge on any atom is 0.321 e. The number of amides is 2. The van der Waals surface area contributed by atoms with Gasteiger partial charge in [-0.3, -0.25) is 4.79 Å². The average molecular weight is 384 g/mol. The molecule has 1 saturated carbocycles. The number of carbonyl (C=O) groups excluding carboxylic acids is 1. The van der Waals surface area contributed by atoms with Crippen molar-refractivity contribution in [2.24, 2.45) is 11.3 Å². The van der Waals surface area contributed by atoms with E-state index in [1.54, 1.807) is 0 Å². The zero-order chi connectivity index (χ0) is 19.1. The molecular formula is C17H21FN2O5S. The van der Waals surface area contributed by atoms with E-state index in [4.69, 9.17) is 0 Å². The predicted molar refractivity (Wildman–Crippen MR) is 92.9 cm³/mol. The molecule has 2 amide bonds. The van der Waals surface area contributed by atoms with Gasteiger partial charge in [-0.05, 0) is 30.9 Å². The van der Waals surface area contributed by atoms with Crippen LogP contribution in [0.5, 0.6) is 0 Å². The molecule has 7 nitrogen and oxygen atoms in total. The number of urea groups is 1. The van der Waals surface area contributed by atoms with E-state index in [2.05, 4.69) is 5.32 Å². The zero-order valence-electron chi connectivity index (χ0n) is 14.4. The molecule has 0 unspecified atom stereocenters. The lowest BCUT2D eigenvalue weighted by Gasteiger charge is -2.23. The number of halogens is 1. The number of nitrogens with one attached hydrogen (secondary N) is 1. The van der Waals surface area contributed by atoms with Gasteiger partial charge in [0.25, 0.3) is 0 Å². The van der Waals surface area contributed by atoms with Crippen LogP contribution in [0.25, 0.3) is 0 Å². The van der Waals surface area contributed by atoms with E-state index >= 15 is 0 Å². The fraction of sp³-hybridized carbons (Fsp3) is 0.529. The van der Waals surface area contributed by atoms with Gasteiger partial charge in [0.05, 0.1) is 11.2 Å². The summed E-state index contributed by atoms with van der Waals surface area (Å²) >= 11 is 0. The monoisotopic (exact) mass is 384 g/mol. The predicted octanol–water partition coefficient (Wildman–Crippen LogP) is 2.09. The molecule has 9 heteroatoms. The molecule has 142 valence electrons. The molecule has 2 fully saturated rings. The lowest BCUT2D eigenvalue weighted by atomic mass is 9.81. The summed E-state index contributed by atoms with van der Waals surface area (Å²) in [4.78, 5) is 25.6. The van der Waals surface area contributed by atoms with Crippen molar-refractivity contribution in [2.75, 3.05) is 24.7 Å². The Balaban J connectivity index is 1.69. The molecule has 0 spiro atoms. The minimum atomic E-state index is -3.36. The lowest BCUT2D eigenvalue weighted by Crippen LogP contribution is -2.38. The van der Waals surface area contributed by atoms with Gasteiger partial charge in [-0.15, -0.1) is 0 Å². The van der Waals surface area contributed by atoms with E-state index in [9.17, 15) is 27.5 Å². The quantitative estimate of drug-likeness (QED) is 0.827. The first-order valence-electron chi connectivity index (χ1n) is 8.36. The van der Waals surface area contributed by atoms with Gasteiger partial charge in [0.2, 0.25) is 0 Å². The van der Waals surface area contributed by atoms with Gasteiger partial charge in [-0.25, -0.2) is 17.6 Å². The van der Waals surface area contributed by atoms with E-state index in [-0.39, 0.29) is 23.7 Å². The number of carboxylic acid groups (broad SMARTS) is 1. The number of carbonyl (C=O) groups is 2. The van der Waals surface area contributed by atoms with Crippen LogP contribution in [0.2, 0.25) is 0 Å². The largest absolute Gasteiger partial charge is 0.481 e. The normalized spacial score (nSPS) is 25.2. The number of fused-ring (bicyclic) bond motifs is 1. The maximum atomic E-state index is 14.1. The van der Waals surface area contributed by atoms with Crippen molar-refractivity contribution in [3.05, 3.63) is 29.6 Å². The van der Waals surface area contributed by atoms with E-state index < -0.39 is 38.8 Å². The number of benzene rings is 1. The molecule has 3 rings (SSSR count). The van der Waals surface area contributed by atoms with Crippen molar-refractivity contribution < 1.29 is 27.5 Å². The van der Waals surface area contributed by atoms with Crippen LogP contribution in [0.15, 0.2) is 18.2 Å². The topological polar surface area (TPSA) is 104 Å². The lowest BCUT2D eigenvalue weighted by molar-refractivity contribution is -0.149. The second-order valence-corrected chi connectivity index (χ2v) is 9.38. The summed E-state index contributed by atoms with van der Waals surface area (Å²) in [6.07, 6.45) is 3.21. The van der Waals surface area contributed by atoms with Crippen molar-refractivity contribution in [3.8, 4) is 0 Å². The highest BCUT2D eigenvalue weighted by atomic mass is 32.2. The van der Waals surface area contributed by atoms with Gasteiger partial charge in [-0.2, -0.15) is 0 Å². The number of hydrogen-bond donors (Lipinski definition) is 2. The van der Waals surface area contributed by atoms with Crippen molar-refractivity contribution in [3.63, 3.8) is 0 Å². The Morgan fingerprint density at radius 2 is 2.15 bits per heavy atom. The molecular weight excluding hydrogens is 363 g/mol. The third kappa shape index (κ3) is 3.53. The summed E-state index contributed by atoms with van der Waals surface area (Å²) in [5.74, 6) is -2.05. The number of anilines is 1. The second-order valence-electron chi connectivity index (χ2n) is 7.24. The van der Waals surface area contributed by atoms with Gasteiger partial charge in [0.1, 0.15) is 5.82 Å². The number of likely N-dealkylation sites (tertiary alicyclic amines) is 1. The number of sulfone groups is 1. The summed E-state index contributed by atoms with van der Waals surface area (Å²) in [6, 6.07) is 3.35. The molecule has 1 heterocycles. The Morgan fingerprint density at radius 1 is 1.42 bits per heavy atom. The highest BCUT2D eigenvalue weighted by molar-refractivity contribution is 7.89. The number of hydrogen-bond acceptors (Lipinski definition) is 4. The van der Waals surface area contributed by atoms with Gasteiger partial charge >= 0.3 is 12.0 Å². The Labute approximate surface area is 151 Å². The standard InChI is InChI=1S/C17H21FN2O5S/c1-26(24,25)9-11-4-5-13(7-14(11)18)19-16(23)20-8-12-3-2-6-17(12,10-20)15(21)22/h4-5,7,12H,2-3,6,8-10H2,1H3,(H,19,23)(H,21,22)/t12-,17+/m0/s1. The van der Waals surface area contributed by atoms with Gasteiger partial charge in [0, 0.05) is 30.6 Å². The third-order valence-corrected chi connectivity index (χ3v) is 6.14. The molecule has 1 aliphatic carbocycles. The van der Waals surface area contributed by atoms with Crippen LogP contribution in [0.3, 0.4) is 0 Å². The fourth-order valence-corrected chi connectivity index (χ4v) is 4.82. The summed E-state index contributed by atoms with van der Waals surface area (Å²) in [5.41, 5.74) is -0.640. The summed E-state index contributed by atoms with van der Waals surface area (Å²) in [6.45, 7) is 0.514. The van der Waals surface area contributed by atoms with E-state index in [1.165, 1.54) is 17.0 Å². The molecule has 2 N–H and O–H groups in total. The number of aliphatic carboxylic acids is 1. The second kappa shape index (κ2) is 6.53. The minimum Gasteiger partial charge on any atom is -0.481 e. The molecule has 1 aliphatic heterocycles. The zero-order valence-corrected chi connectivity index (χ0v) is 15.2.